The van der Waals surface area contributed by atoms with Crippen LogP contribution in [0, 0.1) is 19.7 Å². The summed E-state index contributed by atoms with van der Waals surface area (Å²) in [5.41, 5.74) is 3.88. The minimum Gasteiger partial charge on any atom is -0.451 e. The maximum absolute atomic E-state index is 13.4. The molecule has 0 fully saturated rings. The lowest BCUT2D eigenvalue weighted by atomic mass is 10.1. The summed E-state index contributed by atoms with van der Waals surface area (Å²) in [4.78, 5) is 12.4. The Hall–Kier alpha value is -3.41. The van der Waals surface area contributed by atoms with E-state index in [1.54, 1.807) is 13.0 Å². The molecule has 27 heavy (non-hydrogen) atoms. The molecule has 0 aliphatic rings. The fraction of sp³-hybridized carbons (Fsp3) is 0.143. The maximum atomic E-state index is 13.4. The van der Waals surface area contributed by atoms with Gasteiger partial charge in [-0.2, -0.15) is 0 Å². The number of rotatable bonds is 4. The van der Waals surface area contributed by atoms with Crippen molar-refractivity contribution in [3.8, 4) is 11.3 Å². The fourth-order valence-electron chi connectivity index (χ4n) is 2.91. The Kier molecular flexibility index (Phi) is 4.24. The van der Waals surface area contributed by atoms with Crippen molar-refractivity contribution in [1.82, 2.24) is 10.5 Å². The second-order valence-electron chi connectivity index (χ2n) is 6.42. The number of halogens is 1. The number of benzene rings is 2. The van der Waals surface area contributed by atoms with Gasteiger partial charge in [-0.3, -0.25) is 4.79 Å². The van der Waals surface area contributed by atoms with Crippen molar-refractivity contribution in [2.45, 2.75) is 20.4 Å². The highest BCUT2D eigenvalue weighted by Gasteiger charge is 2.18. The lowest BCUT2D eigenvalue weighted by Gasteiger charge is -2.00. The molecule has 0 spiro atoms. The number of furan rings is 1. The fourth-order valence-corrected chi connectivity index (χ4v) is 2.91. The van der Waals surface area contributed by atoms with Gasteiger partial charge in [-0.05, 0) is 32.0 Å². The Bertz CT molecular complexity index is 1130. The van der Waals surface area contributed by atoms with E-state index in [0.717, 1.165) is 11.1 Å². The molecule has 4 rings (SSSR count). The molecule has 4 aromatic rings. The molecule has 0 radical (unpaired) electrons. The van der Waals surface area contributed by atoms with Crippen LogP contribution in [0.2, 0.25) is 0 Å². The van der Waals surface area contributed by atoms with Crippen molar-refractivity contribution in [3.63, 3.8) is 0 Å². The molecular formula is C21H17FN2O3. The third-order valence-electron chi connectivity index (χ3n) is 4.43. The zero-order chi connectivity index (χ0) is 19.0. The zero-order valence-corrected chi connectivity index (χ0v) is 14.9. The van der Waals surface area contributed by atoms with Gasteiger partial charge < -0.3 is 14.3 Å². The van der Waals surface area contributed by atoms with E-state index in [9.17, 15) is 9.18 Å². The topological polar surface area (TPSA) is 68.3 Å². The van der Waals surface area contributed by atoms with Crippen LogP contribution in [0.4, 0.5) is 4.39 Å². The number of fused-ring (bicyclic) bond motifs is 1. The Morgan fingerprint density at radius 2 is 1.89 bits per heavy atom. The number of aryl methyl sites for hydroxylation is 2. The van der Waals surface area contributed by atoms with Crippen molar-refractivity contribution < 1.29 is 18.1 Å². The maximum Gasteiger partial charge on any atom is 0.287 e. The number of amides is 1. The molecule has 5 nitrogen and oxygen atoms in total. The molecule has 1 N–H and O–H groups in total. The Morgan fingerprint density at radius 1 is 1.11 bits per heavy atom. The van der Waals surface area contributed by atoms with Crippen molar-refractivity contribution in [2.75, 3.05) is 0 Å². The first-order chi connectivity index (χ1) is 13.0. The van der Waals surface area contributed by atoms with Crippen LogP contribution in [0.15, 0.2) is 57.5 Å². The van der Waals surface area contributed by atoms with E-state index in [0.29, 0.717) is 28.0 Å². The summed E-state index contributed by atoms with van der Waals surface area (Å²) in [5.74, 6) is -0.0753. The van der Waals surface area contributed by atoms with Gasteiger partial charge >= 0.3 is 0 Å². The third-order valence-corrected chi connectivity index (χ3v) is 4.43. The van der Waals surface area contributed by atoms with Crippen LogP contribution in [0.25, 0.3) is 22.2 Å². The standard InChI is InChI=1S/C21H17FN2O3/c1-12-3-5-14(6-4-12)18-10-16(27-24-18)11-23-21(25)20-13(2)17-9-15(22)7-8-19(17)26-20/h3-10H,11H2,1-2H3,(H,23,25). The summed E-state index contributed by atoms with van der Waals surface area (Å²) in [6.45, 7) is 3.91. The first-order valence-corrected chi connectivity index (χ1v) is 8.51. The molecule has 2 aromatic heterocycles. The largest absolute Gasteiger partial charge is 0.451 e. The van der Waals surface area contributed by atoms with E-state index in [2.05, 4.69) is 10.5 Å². The van der Waals surface area contributed by atoms with Crippen LogP contribution < -0.4 is 5.32 Å². The molecule has 0 unspecified atom stereocenters. The molecule has 6 heteroatoms. The number of hydrogen-bond acceptors (Lipinski definition) is 4. The molecule has 0 bridgehead atoms. The summed E-state index contributed by atoms with van der Waals surface area (Å²) in [7, 11) is 0. The minimum absolute atomic E-state index is 0.161. The van der Waals surface area contributed by atoms with Gasteiger partial charge in [-0.25, -0.2) is 4.39 Å². The van der Waals surface area contributed by atoms with Crippen LogP contribution in [-0.4, -0.2) is 11.1 Å². The van der Waals surface area contributed by atoms with E-state index in [4.69, 9.17) is 8.94 Å². The van der Waals surface area contributed by atoms with Gasteiger partial charge in [0.1, 0.15) is 17.1 Å². The Morgan fingerprint density at radius 3 is 2.67 bits per heavy atom. The molecular weight excluding hydrogens is 347 g/mol. The van der Waals surface area contributed by atoms with Crippen LogP contribution >= 0.6 is 0 Å². The second kappa shape index (κ2) is 6.72. The van der Waals surface area contributed by atoms with Crippen LogP contribution in [0.1, 0.15) is 27.4 Å². The Labute approximate surface area is 154 Å². The van der Waals surface area contributed by atoms with E-state index in [1.807, 2.05) is 31.2 Å². The van der Waals surface area contributed by atoms with E-state index < -0.39 is 5.91 Å². The number of nitrogens with zero attached hydrogens (tertiary/aromatic N) is 1. The van der Waals surface area contributed by atoms with Gasteiger partial charge in [0.25, 0.3) is 5.91 Å². The molecule has 136 valence electrons. The summed E-state index contributed by atoms with van der Waals surface area (Å²) in [6.07, 6.45) is 0. The summed E-state index contributed by atoms with van der Waals surface area (Å²) < 4.78 is 24.3. The predicted molar refractivity (Wildman–Crippen MR) is 98.8 cm³/mol. The first-order valence-electron chi connectivity index (χ1n) is 8.51. The van der Waals surface area contributed by atoms with Crippen LogP contribution in [-0.2, 0) is 6.54 Å². The number of aromatic nitrogens is 1. The van der Waals surface area contributed by atoms with Gasteiger partial charge in [0.15, 0.2) is 11.5 Å². The highest BCUT2D eigenvalue weighted by Crippen LogP contribution is 2.26. The number of carbonyl (C=O) groups is 1. The highest BCUT2D eigenvalue weighted by atomic mass is 19.1. The lowest BCUT2D eigenvalue weighted by molar-refractivity contribution is 0.0920. The summed E-state index contributed by atoms with van der Waals surface area (Å²) in [5, 5.41) is 7.37. The predicted octanol–water partition coefficient (Wildman–Crippen LogP) is 4.77. The van der Waals surface area contributed by atoms with Crippen molar-refractivity contribution in [3.05, 3.63) is 77.0 Å². The quantitative estimate of drug-likeness (QED) is 0.566. The van der Waals surface area contributed by atoms with Gasteiger partial charge in [0.2, 0.25) is 0 Å². The smallest absolute Gasteiger partial charge is 0.287 e. The normalized spacial score (nSPS) is 11.1. The lowest BCUT2D eigenvalue weighted by Crippen LogP contribution is -2.22. The molecule has 2 heterocycles. The number of hydrogen-bond donors (Lipinski definition) is 1. The highest BCUT2D eigenvalue weighted by molar-refractivity contribution is 5.98. The summed E-state index contributed by atoms with van der Waals surface area (Å²) >= 11 is 0. The monoisotopic (exact) mass is 364 g/mol. The number of carbonyl (C=O) groups excluding carboxylic acids is 1. The van der Waals surface area contributed by atoms with Gasteiger partial charge in [-0.1, -0.05) is 35.0 Å². The molecule has 0 aliphatic heterocycles. The van der Waals surface area contributed by atoms with E-state index in [1.165, 1.54) is 18.2 Å². The first kappa shape index (κ1) is 17.0. The van der Waals surface area contributed by atoms with Crippen molar-refractivity contribution >= 4 is 16.9 Å². The average Bonchev–Trinajstić information content (AvgIpc) is 3.26. The minimum atomic E-state index is -0.391. The Balaban J connectivity index is 1.48. The van der Waals surface area contributed by atoms with Crippen LogP contribution in [0.5, 0.6) is 0 Å². The SMILES string of the molecule is Cc1ccc(-c2cc(CNC(=O)c3oc4ccc(F)cc4c3C)on2)cc1. The van der Waals surface area contributed by atoms with Gasteiger partial charge in [-0.15, -0.1) is 0 Å². The molecule has 0 aliphatic carbocycles. The van der Waals surface area contributed by atoms with E-state index in [-0.39, 0.29) is 18.1 Å². The van der Waals surface area contributed by atoms with Gasteiger partial charge in [0.05, 0.1) is 6.54 Å². The molecule has 1 amide bonds. The summed E-state index contributed by atoms with van der Waals surface area (Å²) in [6, 6.07) is 13.9. The molecule has 0 saturated carbocycles. The molecule has 2 aromatic carbocycles. The van der Waals surface area contributed by atoms with Crippen LogP contribution in [0.3, 0.4) is 0 Å². The van der Waals surface area contributed by atoms with E-state index >= 15 is 0 Å². The number of nitrogens with one attached hydrogen (secondary N) is 1. The third kappa shape index (κ3) is 3.33. The van der Waals surface area contributed by atoms with Crippen molar-refractivity contribution in [1.29, 1.82) is 0 Å². The van der Waals surface area contributed by atoms with Gasteiger partial charge in [0, 0.05) is 22.6 Å². The van der Waals surface area contributed by atoms with Crippen molar-refractivity contribution in [2.24, 2.45) is 0 Å². The molecule has 0 saturated heterocycles. The zero-order valence-electron chi connectivity index (χ0n) is 14.9. The molecule has 0 atom stereocenters. The average molecular weight is 364 g/mol. The second-order valence-corrected chi connectivity index (χ2v) is 6.42.